The van der Waals surface area contributed by atoms with Crippen LogP contribution in [-0.4, -0.2) is 19.0 Å². The molecule has 0 amide bonds. The molecule has 0 spiro atoms. The number of ketones is 1. The van der Waals surface area contributed by atoms with Crippen LogP contribution < -0.4 is 0 Å². The number of halogens is 1. The number of Topliss-reactive ketones (excluding diaryl/α,β-unsaturated/α-hetero) is 1. The third-order valence-electron chi connectivity index (χ3n) is 2.41. The van der Waals surface area contributed by atoms with Gasteiger partial charge in [-0.3, -0.25) is 4.79 Å². The number of hydrogen-bond donors (Lipinski definition) is 0. The number of ether oxygens (including phenoxy) is 1. The van der Waals surface area contributed by atoms with Crippen molar-refractivity contribution in [2.24, 2.45) is 5.92 Å². The minimum Gasteiger partial charge on any atom is -0.381 e. The lowest BCUT2D eigenvalue weighted by atomic mass is 9.97. The number of carbonyl (C=O) groups excluding carboxylic acids is 1. The molecule has 1 heterocycles. The molecular formula is C11H11BrO2. The summed E-state index contributed by atoms with van der Waals surface area (Å²) in [5, 5.41) is 0. The molecule has 1 atom stereocenters. The van der Waals surface area contributed by atoms with Gasteiger partial charge in [0.05, 0.1) is 6.61 Å². The van der Waals surface area contributed by atoms with Gasteiger partial charge in [0, 0.05) is 22.6 Å². The van der Waals surface area contributed by atoms with Gasteiger partial charge in [-0.05, 0) is 18.6 Å². The average Bonchev–Trinajstić information content (AvgIpc) is 2.69. The van der Waals surface area contributed by atoms with Gasteiger partial charge in [-0.15, -0.1) is 0 Å². The number of benzene rings is 1. The zero-order valence-electron chi connectivity index (χ0n) is 7.70. The van der Waals surface area contributed by atoms with E-state index >= 15 is 0 Å². The summed E-state index contributed by atoms with van der Waals surface area (Å²) in [6, 6.07) is 7.52. The van der Waals surface area contributed by atoms with Crippen LogP contribution >= 0.6 is 15.9 Å². The van der Waals surface area contributed by atoms with Crippen molar-refractivity contribution in [1.29, 1.82) is 0 Å². The van der Waals surface area contributed by atoms with Crippen molar-refractivity contribution in [3.8, 4) is 0 Å². The third-order valence-corrected chi connectivity index (χ3v) is 2.90. The second-order valence-corrected chi connectivity index (χ2v) is 4.35. The Bertz CT molecular complexity index is 343. The molecule has 3 heteroatoms. The highest BCUT2D eigenvalue weighted by Gasteiger charge is 2.24. The molecule has 1 aromatic carbocycles. The van der Waals surface area contributed by atoms with Crippen LogP contribution in [0.15, 0.2) is 28.7 Å². The Morgan fingerprint density at radius 2 is 2.36 bits per heavy atom. The number of rotatable bonds is 2. The molecule has 2 nitrogen and oxygen atoms in total. The Hall–Kier alpha value is -0.670. The summed E-state index contributed by atoms with van der Waals surface area (Å²) in [4.78, 5) is 11.9. The molecule has 0 aliphatic carbocycles. The van der Waals surface area contributed by atoms with E-state index in [1.807, 2.05) is 24.3 Å². The van der Waals surface area contributed by atoms with Gasteiger partial charge in [-0.2, -0.15) is 0 Å². The maximum Gasteiger partial charge on any atom is 0.168 e. The van der Waals surface area contributed by atoms with Crippen LogP contribution in [0.4, 0.5) is 0 Å². The summed E-state index contributed by atoms with van der Waals surface area (Å²) in [5.41, 5.74) is 0.773. The zero-order chi connectivity index (χ0) is 9.97. The molecular weight excluding hydrogens is 244 g/mol. The average molecular weight is 255 g/mol. The molecule has 2 rings (SSSR count). The monoisotopic (exact) mass is 254 g/mol. The van der Waals surface area contributed by atoms with E-state index in [0.717, 1.165) is 16.5 Å². The summed E-state index contributed by atoms with van der Waals surface area (Å²) >= 11 is 3.36. The van der Waals surface area contributed by atoms with E-state index in [0.29, 0.717) is 13.2 Å². The maximum absolute atomic E-state index is 11.9. The summed E-state index contributed by atoms with van der Waals surface area (Å²) in [6.07, 6.45) is 0.853. The van der Waals surface area contributed by atoms with Crippen molar-refractivity contribution >= 4 is 21.7 Å². The van der Waals surface area contributed by atoms with E-state index < -0.39 is 0 Å². The number of hydrogen-bond acceptors (Lipinski definition) is 2. The Morgan fingerprint density at radius 3 is 3.00 bits per heavy atom. The SMILES string of the molecule is O=C(c1cccc(Br)c1)C1CCOC1. The molecule has 1 fully saturated rings. The van der Waals surface area contributed by atoms with Crippen molar-refractivity contribution in [2.45, 2.75) is 6.42 Å². The molecule has 0 saturated carbocycles. The highest BCUT2D eigenvalue weighted by atomic mass is 79.9. The summed E-state index contributed by atoms with van der Waals surface area (Å²) in [6.45, 7) is 1.29. The molecule has 0 N–H and O–H groups in total. The first kappa shape index (κ1) is 9.87. The predicted molar refractivity (Wildman–Crippen MR) is 57.4 cm³/mol. The smallest absolute Gasteiger partial charge is 0.168 e. The van der Waals surface area contributed by atoms with E-state index in [2.05, 4.69) is 15.9 Å². The lowest BCUT2D eigenvalue weighted by Gasteiger charge is -2.06. The normalized spacial score (nSPS) is 21.1. The van der Waals surface area contributed by atoms with E-state index in [1.165, 1.54) is 0 Å². The first-order valence-corrected chi connectivity index (χ1v) is 5.44. The van der Waals surface area contributed by atoms with Crippen molar-refractivity contribution in [1.82, 2.24) is 0 Å². The van der Waals surface area contributed by atoms with E-state index in [4.69, 9.17) is 4.74 Å². The Labute approximate surface area is 91.4 Å². The van der Waals surface area contributed by atoms with Crippen LogP contribution in [0, 0.1) is 5.92 Å². The van der Waals surface area contributed by atoms with E-state index in [-0.39, 0.29) is 11.7 Å². The molecule has 74 valence electrons. The first-order valence-electron chi connectivity index (χ1n) is 4.65. The minimum atomic E-state index is 0.0595. The van der Waals surface area contributed by atoms with Crippen molar-refractivity contribution in [3.63, 3.8) is 0 Å². The first-order chi connectivity index (χ1) is 6.77. The third kappa shape index (κ3) is 2.04. The van der Waals surface area contributed by atoms with Crippen LogP contribution in [0.1, 0.15) is 16.8 Å². The molecule has 0 bridgehead atoms. The molecule has 1 unspecified atom stereocenters. The largest absolute Gasteiger partial charge is 0.381 e. The fourth-order valence-electron chi connectivity index (χ4n) is 1.62. The highest BCUT2D eigenvalue weighted by molar-refractivity contribution is 9.10. The molecule has 1 aromatic rings. The van der Waals surface area contributed by atoms with Crippen LogP contribution in [0.2, 0.25) is 0 Å². The molecule has 0 aromatic heterocycles. The second-order valence-electron chi connectivity index (χ2n) is 3.44. The topological polar surface area (TPSA) is 26.3 Å². The van der Waals surface area contributed by atoms with Gasteiger partial charge in [-0.25, -0.2) is 0 Å². The molecule has 1 aliphatic rings. The van der Waals surface area contributed by atoms with Crippen LogP contribution in [0.3, 0.4) is 0 Å². The van der Waals surface area contributed by atoms with Gasteiger partial charge in [0.1, 0.15) is 0 Å². The Morgan fingerprint density at radius 1 is 1.50 bits per heavy atom. The van der Waals surface area contributed by atoms with Crippen LogP contribution in [-0.2, 0) is 4.74 Å². The fraction of sp³-hybridized carbons (Fsp3) is 0.364. The zero-order valence-corrected chi connectivity index (χ0v) is 9.29. The quantitative estimate of drug-likeness (QED) is 0.759. The van der Waals surface area contributed by atoms with Gasteiger partial charge in [0.25, 0.3) is 0 Å². The lowest BCUT2D eigenvalue weighted by molar-refractivity contribution is 0.0900. The van der Waals surface area contributed by atoms with Gasteiger partial charge < -0.3 is 4.74 Å². The molecule has 14 heavy (non-hydrogen) atoms. The lowest BCUT2D eigenvalue weighted by Crippen LogP contribution is -2.14. The highest BCUT2D eigenvalue weighted by Crippen LogP contribution is 2.20. The van der Waals surface area contributed by atoms with Gasteiger partial charge >= 0.3 is 0 Å². The van der Waals surface area contributed by atoms with Crippen molar-refractivity contribution in [3.05, 3.63) is 34.3 Å². The molecule has 1 aliphatic heterocycles. The van der Waals surface area contributed by atoms with Crippen LogP contribution in [0.5, 0.6) is 0 Å². The predicted octanol–water partition coefficient (Wildman–Crippen LogP) is 2.67. The van der Waals surface area contributed by atoms with Crippen molar-refractivity contribution in [2.75, 3.05) is 13.2 Å². The van der Waals surface area contributed by atoms with Gasteiger partial charge in [0.2, 0.25) is 0 Å². The molecule has 0 radical (unpaired) electrons. The van der Waals surface area contributed by atoms with Crippen LogP contribution in [0.25, 0.3) is 0 Å². The summed E-state index contributed by atoms with van der Waals surface area (Å²) in [5.74, 6) is 0.258. The number of carbonyl (C=O) groups is 1. The van der Waals surface area contributed by atoms with E-state index in [1.54, 1.807) is 0 Å². The Kier molecular flexibility index (Phi) is 2.99. The summed E-state index contributed by atoms with van der Waals surface area (Å²) in [7, 11) is 0. The van der Waals surface area contributed by atoms with Gasteiger partial charge in [-0.1, -0.05) is 28.1 Å². The summed E-state index contributed by atoms with van der Waals surface area (Å²) < 4.78 is 6.14. The standard InChI is InChI=1S/C11H11BrO2/c12-10-3-1-2-8(6-10)11(13)9-4-5-14-7-9/h1-3,6,9H,4-5,7H2. The fourth-order valence-corrected chi connectivity index (χ4v) is 2.02. The molecule has 1 saturated heterocycles. The second kappa shape index (κ2) is 4.24. The van der Waals surface area contributed by atoms with Gasteiger partial charge in [0.15, 0.2) is 5.78 Å². The maximum atomic E-state index is 11.9. The Balaban J connectivity index is 2.17. The van der Waals surface area contributed by atoms with Crippen molar-refractivity contribution < 1.29 is 9.53 Å². The minimum absolute atomic E-state index is 0.0595. The van der Waals surface area contributed by atoms with E-state index in [9.17, 15) is 4.79 Å².